The molecule has 4 rings (SSSR count). The fourth-order valence-corrected chi connectivity index (χ4v) is 4.04. The number of benzene rings is 3. The Morgan fingerprint density at radius 2 is 1.54 bits per heavy atom. The highest BCUT2D eigenvalue weighted by Crippen LogP contribution is 2.28. The summed E-state index contributed by atoms with van der Waals surface area (Å²) in [4.78, 5) is 24.9. The van der Waals surface area contributed by atoms with Crippen LogP contribution in [0.2, 0.25) is 0 Å². The quantitative estimate of drug-likeness (QED) is 0.209. The molecule has 0 fully saturated rings. The molecule has 8 nitrogen and oxygen atoms in total. The van der Waals surface area contributed by atoms with E-state index in [0.717, 1.165) is 22.6 Å². The van der Waals surface area contributed by atoms with Crippen molar-refractivity contribution in [3.8, 4) is 17.2 Å². The number of hydrogen-bond donors (Lipinski definition) is 2. The van der Waals surface area contributed by atoms with Crippen molar-refractivity contribution in [3.63, 3.8) is 0 Å². The fraction of sp³-hybridized carbons (Fsp3) is 0.194. The molecule has 0 saturated carbocycles. The van der Waals surface area contributed by atoms with Crippen LogP contribution in [-0.4, -0.2) is 35.8 Å². The smallest absolute Gasteiger partial charge is 0.271 e. The minimum Gasteiger partial charge on any atom is -0.490 e. The van der Waals surface area contributed by atoms with Gasteiger partial charge in [-0.3, -0.25) is 9.59 Å². The van der Waals surface area contributed by atoms with Crippen molar-refractivity contribution >= 4 is 23.7 Å². The number of nitrogens with zero attached hydrogens (tertiary/aromatic N) is 2. The van der Waals surface area contributed by atoms with Crippen LogP contribution < -0.4 is 20.2 Å². The van der Waals surface area contributed by atoms with Gasteiger partial charge >= 0.3 is 0 Å². The second-order valence-electron chi connectivity index (χ2n) is 9.04. The third-order valence-electron chi connectivity index (χ3n) is 6.00. The standard InChI is InChI=1S/C31H32N4O4/c1-5-38-29-18-24(10-17-28(29)39-20-30(36)33-26-13-6-21(2)7-14-26)19-32-34-31(37)25-11-15-27(16-12-25)35-22(3)8-9-23(35)4/h6-19H,5,20H2,1-4H3,(H,33,36)(H,34,37)/b32-19-. The SMILES string of the molecule is CCOc1cc(/C=N\NC(=O)c2ccc(-n3c(C)ccc3C)cc2)ccc1OCC(=O)Nc1ccc(C)cc1. The first-order chi connectivity index (χ1) is 18.8. The van der Waals surface area contributed by atoms with Crippen LogP contribution in [0, 0.1) is 20.8 Å². The highest BCUT2D eigenvalue weighted by molar-refractivity contribution is 5.95. The topological polar surface area (TPSA) is 93.9 Å². The van der Waals surface area contributed by atoms with E-state index in [1.165, 1.54) is 6.21 Å². The van der Waals surface area contributed by atoms with Crippen molar-refractivity contribution in [1.82, 2.24) is 9.99 Å². The van der Waals surface area contributed by atoms with Crippen LogP contribution in [0.3, 0.4) is 0 Å². The summed E-state index contributed by atoms with van der Waals surface area (Å²) in [6, 6.07) is 24.2. The van der Waals surface area contributed by atoms with Gasteiger partial charge in [-0.15, -0.1) is 0 Å². The normalized spacial score (nSPS) is 10.9. The van der Waals surface area contributed by atoms with Gasteiger partial charge in [0.15, 0.2) is 18.1 Å². The van der Waals surface area contributed by atoms with Crippen LogP contribution in [0.15, 0.2) is 84.0 Å². The molecule has 2 N–H and O–H groups in total. The summed E-state index contributed by atoms with van der Waals surface area (Å²) < 4.78 is 13.5. The molecule has 0 aliphatic carbocycles. The van der Waals surface area contributed by atoms with E-state index in [0.29, 0.717) is 34.9 Å². The molecule has 2 amide bonds. The van der Waals surface area contributed by atoms with Crippen molar-refractivity contribution in [3.05, 3.63) is 107 Å². The number of ether oxygens (including phenoxy) is 2. The van der Waals surface area contributed by atoms with Crippen molar-refractivity contribution < 1.29 is 19.1 Å². The molecule has 0 aliphatic heterocycles. The van der Waals surface area contributed by atoms with Gasteiger partial charge < -0.3 is 19.4 Å². The molecule has 1 aromatic heterocycles. The Kier molecular flexibility index (Phi) is 8.78. The summed E-state index contributed by atoms with van der Waals surface area (Å²) in [5, 5.41) is 6.89. The van der Waals surface area contributed by atoms with Gasteiger partial charge in [-0.2, -0.15) is 5.10 Å². The molecule has 4 aromatic rings. The highest BCUT2D eigenvalue weighted by Gasteiger charge is 2.10. The molecule has 0 atom stereocenters. The highest BCUT2D eigenvalue weighted by atomic mass is 16.5. The lowest BCUT2D eigenvalue weighted by molar-refractivity contribution is -0.118. The minimum absolute atomic E-state index is 0.167. The van der Waals surface area contributed by atoms with E-state index < -0.39 is 0 Å². The van der Waals surface area contributed by atoms with Gasteiger partial charge in [0, 0.05) is 28.3 Å². The Morgan fingerprint density at radius 3 is 2.21 bits per heavy atom. The Bertz CT molecular complexity index is 1450. The van der Waals surface area contributed by atoms with Gasteiger partial charge in [0.1, 0.15) is 0 Å². The van der Waals surface area contributed by atoms with Gasteiger partial charge in [-0.05, 0) is 100.0 Å². The summed E-state index contributed by atoms with van der Waals surface area (Å²) >= 11 is 0. The van der Waals surface area contributed by atoms with E-state index in [1.54, 1.807) is 30.3 Å². The number of anilines is 1. The van der Waals surface area contributed by atoms with Crippen molar-refractivity contribution in [2.75, 3.05) is 18.5 Å². The number of nitrogens with one attached hydrogen (secondary N) is 2. The van der Waals surface area contributed by atoms with Crippen molar-refractivity contribution in [2.24, 2.45) is 5.10 Å². The number of rotatable bonds is 10. The van der Waals surface area contributed by atoms with Gasteiger partial charge in [0.05, 0.1) is 12.8 Å². The average Bonchev–Trinajstić information content (AvgIpc) is 3.27. The summed E-state index contributed by atoms with van der Waals surface area (Å²) in [7, 11) is 0. The summed E-state index contributed by atoms with van der Waals surface area (Å²) in [5.74, 6) is 0.317. The summed E-state index contributed by atoms with van der Waals surface area (Å²) in [6.07, 6.45) is 1.52. The predicted octanol–water partition coefficient (Wildman–Crippen LogP) is 5.58. The number of carbonyl (C=O) groups is 2. The van der Waals surface area contributed by atoms with Gasteiger partial charge in [-0.25, -0.2) is 5.43 Å². The number of hydrogen-bond acceptors (Lipinski definition) is 5. The maximum absolute atomic E-state index is 12.6. The van der Waals surface area contributed by atoms with Crippen LogP contribution in [0.4, 0.5) is 5.69 Å². The van der Waals surface area contributed by atoms with E-state index in [4.69, 9.17) is 9.47 Å². The zero-order valence-electron chi connectivity index (χ0n) is 22.5. The summed E-state index contributed by atoms with van der Waals surface area (Å²) in [5.41, 5.74) is 8.82. The molecule has 3 aromatic carbocycles. The minimum atomic E-state index is -0.316. The van der Waals surface area contributed by atoms with E-state index >= 15 is 0 Å². The maximum atomic E-state index is 12.6. The molecule has 0 aliphatic rings. The first kappa shape index (κ1) is 27.2. The zero-order valence-corrected chi connectivity index (χ0v) is 22.5. The second-order valence-corrected chi connectivity index (χ2v) is 9.04. The van der Waals surface area contributed by atoms with Crippen LogP contribution in [0.5, 0.6) is 11.5 Å². The monoisotopic (exact) mass is 524 g/mol. The zero-order chi connectivity index (χ0) is 27.8. The first-order valence-corrected chi connectivity index (χ1v) is 12.7. The first-order valence-electron chi connectivity index (χ1n) is 12.7. The number of aryl methyl sites for hydroxylation is 3. The lowest BCUT2D eigenvalue weighted by Gasteiger charge is -2.13. The van der Waals surface area contributed by atoms with E-state index in [9.17, 15) is 9.59 Å². The fourth-order valence-electron chi connectivity index (χ4n) is 4.04. The van der Waals surface area contributed by atoms with Crippen LogP contribution in [-0.2, 0) is 4.79 Å². The molecule has 39 heavy (non-hydrogen) atoms. The number of aromatic nitrogens is 1. The van der Waals surface area contributed by atoms with Crippen LogP contribution in [0.25, 0.3) is 5.69 Å². The lowest BCUT2D eigenvalue weighted by atomic mass is 10.2. The summed E-state index contributed by atoms with van der Waals surface area (Å²) in [6.45, 7) is 8.18. The molecule has 8 heteroatoms. The Labute approximate surface area is 228 Å². The van der Waals surface area contributed by atoms with Crippen LogP contribution in [0.1, 0.15) is 39.8 Å². The lowest BCUT2D eigenvalue weighted by Crippen LogP contribution is -2.20. The van der Waals surface area contributed by atoms with E-state index in [2.05, 4.69) is 32.5 Å². The van der Waals surface area contributed by atoms with Crippen molar-refractivity contribution in [2.45, 2.75) is 27.7 Å². The third kappa shape index (κ3) is 7.13. The number of hydrazone groups is 1. The number of carbonyl (C=O) groups excluding carboxylic acids is 2. The Hall–Kier alpha value is -4.85. The Balaban J connectivity index is 1.34. The second kappa shape index (κ2) is 12.6. The molecule has 0 radical (unpaired) electrons. The molecular formula is C31H32N4O4. The average molecular weight is 525 g/mol. The largest absolute Gasteiger partial charge is 0.490 e. The van der Waals surface area contributed by atoms with Gasteiger partial charge in [0.25, 0.3) is 11.8 Å². The molecule has 0 bridgehead atoms. The third-order valence-corrected chi connectivity index (χ3v) is 6.00. The van der Waals surface area contributed by atoms with Gasteiger partial charge in [-0.1, -0.05) is 17.7 Å². The van der Waals surface area contributed by atoms with E-state index in [1.807, 2.05) is 64.1 Å². The maximum Gasteiger partial charge on any atom is 0.271 e. The molecule has 0 spiro atoms. The molecule has 0 unspecified atom stereocenters. The number of amides is 2. The Morgan fingerprint density at radius 1 is 0.846 bits per heavy atom. The van der Waals surface area contributed by atoms with E-state index in [-0.39, 0.29) is 18.4 Å². The molecule has 200 valence electrons. The van der Waals surface area contributed by atoms with Gasteiger partial charge in [0.2, 0.25) is 0 Å². The van der Waals surface area contributed by atoms with Crippen molar-refractivity contribution in [1.29, 1.82) is 0 Å². The molecule has 1 heterocycles. The molecular weight excluding hydrogens is 492 g/mol. The predicted molar refractivity (Wildman–Crippen MR) is 153 cm³/mol. The molecule has 0 saturated heterocycles. The van der Waals surface area contributed by atoms with Crippen LogP contribution >= 0.6 is 0 Å².